The van der Waals surface area contributed by atoms with E-state index in [2.05, 4.69) is 34.6 Å². The molecule has 0 aliphatic carbocycles. The lowest BCUT2D eigenvalue weighted by atomic mass is 9.63. The minimum Gasteiger partial charge on any atom is -0.393 e. The van der Waals surface area contributed by atoms with E-state index in [0.29, 0.717) is 5.41 Å². The summed E-state index contributed by atoms with van der Waals surface area (Å²) >= 11 is 0. The Morgan fingerprint density at radius 1 is 1.00 bits per heavy atom. The van der Waals surface area contributed by atoms with Crippen molar-refractivity contribution in [3.8, 4) is 0 Å². The number of aliphatic hydroxyl groups is 1. The van der Waals surface area contributed by atoms with Crippen molar-refractivity contribution in [3.05, 3.63) is 0 Å². The molecule has 1 unspecified atom stereocenters. The van der Waals surface area contributed by atoms with Gasteiger partial charge in [0, 0.05) is 0 Å². The van der Waals surface area contributed by atoms with Crippen LogP contribution in [0.25, 0.3) is 0 Å². The summed E-state index contributed by atoms with van der Waals surface area (Å²) < 4.78 is 0. The second kappa shape index (κ2) is 5.89. The Morgan fingerprint density at radius 2 is 1.53 bits per heavy atom. The topological polar surface area (TPSA) is 20.2 Å². The van der Waals surface area contributed by atoms with Crippen LogP contribution >= 0.6 is 0 Å². The molecule has 1 heteroatoms. The van der Waals surface area contributed by atoms with E-state index in [9.17, 15) is 5.11 Å². The van der Waals surface area contributed by atoms with Gasteiger partial charge in [0.1, 0.15) is 0 Å². The van der Waals surface area contributed by atoms with E-state index in [0.717, 1.165) is 6.42 Å². The Labute approximate surface area is 96.3 Å². The first-order valence-electron chi connectivity index (χ1n) is 6.41. The van der Waals surface area contributed by atoms with Crippen LogP contribution in [0.4, 0.5) is 0 Å². The minimum absolute atomic E-state index is 0.189. The highest BCUT2D eigenvalue weighted by molar-refractivity contribution is 4.87. The monoisotopic (exact) mass is 214 g/mol. The van der Waals surface area contributed by atoms with Crippen molar-refractivity contribution in [2.24, 2.45) is 10.8 Å². The van der Waals surface area contributed by atoms with Gasteiger partial charge in [-0.05, 0) is 30.6 Å². The quantitative estimate of drug-likeness (QED) is 0.623. The van der Waals surface area contributed by atoms with Crippen LogP contribution in [0.1, 0.15) is 73.6 Å². The van der Waals surface area contributed by atoms with Crippen LogP contribution in [-0.4, -0.2) is 11.2 Å². The average molecular weight is 214 g/mol. The third kappa shape index (κ3) is 5.01. The normalized spacial score (nSPS) is 15.4. The van der Waals surface area contributed by atoms with Gasteiger partial charge in [-0.15, -0.1) is 0 Å². The summed E-state index contributed by atoms with van der Waals surface area (Å²) in [4.78, 5) is 0. The number of hydrogen-bond acceptors (Lipinski definition) is 1. The molecule has 0 radical (unpaired) electrons. The van der Waals surface area contributed by atoms with Gasteiger partial charge in [-0.1, -0.05) is 53.9 Å². The predicted octanol–water partition coefficient (Wildman–Crippen LogP) is 4.39. The maximum absolute atomic E-state index is 9.52. The fourth-order valence-electron chi connectivity index (χ4n) is 2.17. The lowest BCUT2D eigenvalue weighted by Crippen LogP contribution is -2.35. The lowest BCUT2D eigenvalue weighted by molar-refractivity contribution is 0.0337. The van der Waals surface area contributed by atoms with Crippen LogP contribution < -0.4 is 0 Å². The highest BCUT2D eigenvalue weighted by Gasteiger charge is 2.36. The van der Waals surface area contributed by atoms with Crippen LogP contribution in [0.2, 0.25) is 0 Å². The Bertz CT molecular complexity index is 168. The molecule has 0 heterocycles. The van der Waals surface area contributed by atoms with Crippen LogP contribution in [0, 0.1) is 10.8 Å². The Kier molecular flexibility index (Phi) is 5.87. The number of aliphatic hydroxyl groups excluding tert-OH is 1. The number of rotatable bonds is 7. The molecule has 0 fully saturated rings. The molecule has 0 rings (SSSR count). The van der Waals surface area contributed by atoms with Crippen LogP contribution in [0.15, 0.2) is 0 Å². The summed E-state index contributed by atoms with van der Waals surface area (Å²) in [6, 6.07) is 0. The summed E-state index contributed by atoms with van der Waals surface area (Å²) in [5.41, 5.74) is 0.536. The maximum atomic E-state index is 9.52. The first-order chi connectivity index (χ1) is 6.73. The number of hydrogen-bond donors (Lipinski definition) is 1. The first-order valence-corrected chi connectivity index (χ1v) is 6.41. The van der Waals surface area contributed by atoms with Crippen LogP contribution in [-0.2, 0) is 0 Å². The van der Waals surface area contributed by atoms with Gasteiger partial charge >= 0.3 is 0 Å². The molecule has 0 amide bonds. The van der Waals surface area contributed by atoms with Crippen molar-refractivity contribution >= 4 is 0 Å². The summed E-state index contributed by atoms with van der Waals surface area (Å²) in [6.45, 7) is 13.4. The van der Waals surface area contributed by atoms with E-state index in [4.69, 9.17) is 0 Å². The Morgan fingerprint density at radius 3 is 1.93 bits per heavy atom. The molecule has 1 N–H and O–H groups in total. The second-order valence-electron chi connectivity index (χ2n) is 6.28. The van der Waals surface area contributed by atoms with E-state index in [-0.39, 0.29) is 11.5 Å². The molecule has 0 aromatic heterocycles. The molecule has 0 aliphatic heterocycles. The van der Waals surface area contributed by atoms with Gasteiger partial charge in [0.15, 0.2) is 0 Å². The van der Waals surface area contributed by atoms with E-state index < -0.39 is 0 Å². The molecule has 1 nitrogen and oxygen atoms in total. The first kappa shape index (κ1) is 15.0. The van der Waals surface area contributed by atoms with Gasteiger partial charge in [-0.2, -0.15) is 0 Å². The van der Waals surface area contributed by atoms with Gasteiger partial charge in [-0.3, -0.25) is 0 Å². The Balaban J connectivity index is 4.27. The van der Waals surface area contributed by atoms with Gasteiger partial charge in [-0.25, -0.2) is 0 Å². The molecular formula is C14H30O. The molecule has 0 saturated carbocycles. The van der Waals surface area contributed by atoms with E-state index in [1.807, 2.05) is 6.92 Å². The highest BCUT2D eigenvalue weighted by atomic mass is 16.3. The standard InChI is InChI=1S/C14H30O/c1-7-8-9-10-13(3,4)14(5,6)11-12(2)15/h12,15H,7-11H2,1-6H3. The van der Waals surface area contributed by atoms with Crippen LogP contribution in [0.5, 0.6) is 0 Å². The third-order valence-electron chi connectivity index (χ3n) is 4.04. The van der Waals surface area contributed by atoms with Gasteiger partial charge < -0.3 is 5.11 Å². The third-order valence-corrected chi connectivity index (χ3v) is 4.04. The van der Waals surface area contributed by atoms with Gasteiger partial charge in [0.25, 0.3) is 0 Å². The second-order valence-corrected chi connectivity index (χ2v) is 6.28. The summed E-state index contributed by atoms with van der Waals surface area (Å²) in [7, 11) is 0. The van der Waals surface area contributed by atoms with Crippen molar-refractivity contribution in [2.45, 2.75) is 79.8 Å². The zero-order valence-electron chi connectivity index (χ0n) is 11.6. The summed E-state index contributed by atoms with van der Waals surface area (Å²) in [5.74, 6) is 0. The fourth-order valence-corrected chi connectivity index (χ4v) is 2.17. The fraction of sp³-hybridized carbons (Fsp3) is 1.00. The molecule has 1 atom stereocenters. The zero-order chi connectivity index (χ0) is 12.1. The van der Waals surface area contributed by atoms with E-state index >= 15 is 0 Å². The summed E-state index contributed by atoms with van der Waals surface area (Å²) in [5, 5.41) is 9.52. The van der Waals surface area contributed by atoms with Gasteiger partial charge in [0.2, 0.25) is 0 Å². The predicted molar refractivity (Wildman–Crippen MR) is 68.0 cm³/mol. The molecule has 92 valence electrons. The smallest absolute Gasteiger partial charge is 0.0517 e. The lowest BCUT2D eigenvalue weighted by Gasteiger charge is -2.43. The molecule has 0 spiro atoms. The molecular weight excluding hydrogens is 184 g/mol. The van der Waals surface area contributed by atoms with Gasteiger partial charge in [0.05, 0.1) is 6.10 Å². The zero-order valence-corrected chi connectivity index (χ0v) is 11.6. The van der Waals surface area contributed by atoms with E-state index in [1.54, 1.807) is 0 Å². The van der Waals surface area contributed by atoms with Crippen molar-refractivity contribution < 1.29 is 5.11 Å². The van der Waals surface area contributed by atoms with Crippen LogP contribution in [0.3, 0.4) is 0 Å². The molecule has 0 aromatic carbocycles. The maximum Gasteiger partial charge on any atom is 0.0517 e. The largest absolute Gasteiger partial charge is 0.393 e. The SMILES string of the molecule is CCCCCC(C)(C)C(C)(C)CC(C)O. The molecule has 0 aromatic rings. The molecule has 15 heavy (non-hydrogen) atoms. The molecule has 0 bridgehead atoms. The van der Waals surface area contributed by atoms with Crippen molar-refractivity contribution in [2.75, 3.05) is 0 Å². The van der Waals surface area contributed by atoms with Crippen molar-refractivity contribution in [1.82, 2.24) is 0 Å². The molecule has 0 aliphatic rings. The highest BCUT2D eigenvalue weighted by Crippen LogP contribution is 2.45. The minimum atomic E-state index is -0.189. The number of unbranched alkanes of at least 4 members (excludes halogenated alkanes) is 2. The van der Waals surface area contributed by atoms with Crippen molar-refractivity contribution in [1.29, 1.82) is 0 Å². The van der Waals surface area contributed by atoms with Crippen molar-refractivity contribution in [3.63, 3.8) is 0 Å². The Hall–Kier alpha value is -0.0400. The molecule has 0 saturated heterocycles. The van der Waals surface area contributed by atoms with E-state index in [1.165, 1.54) is 25.7 Å². The average Bonchev–Trinajstić information content (AvgIpc) is 2.01. The summed E-state index contributed by atoms with van der Waals surface area (Å²) in [6.07, 6.45) is 5.89.